The highest BCUT2D eigenvalue weighted by Gasteiger charge is 2.35. The second-order valence-corrected chi connectivity index (χ2v) is 9.11. The summed E-state index contributed by atoms with van der Waals surface area (Å²) in [7, 11) is 0.784. The van der Waals surface area contributed by atoms with Crippen LogP contribution < -0.4 is 19.5 Å². The Morgan fingerprint density at radius 1 is 1.10 bits per heavy atom. The molecule has 0 bridgehead atoms. The van der Waals surface area contributed by atoms with Gasteiger partial charge in [-0.05, 0) is 26.7 Å². The summed E-state index contributed by atoms with van der Waals surface area (Å²) in [5.41, 5.74) is 0.838. The molecule has 1 amide bonds. The molecule has 0 unspecified atom stereocenters. The van der Waals surface area contributed by atoms with Crippen molar-refractivity contribution in [3.63, 3.8) is 0 Å². The summed E-state index contributed by atoms with van der Waals surface area (Å²) >= 11 is 0. The quantitative estimate of drug-likeness (QED) is 0.678. The van der Waals surface area contributed by atoms with Gasteiger partial charge in [-0.15, -0.1) is 0 Å². The first kappa shape index (κ1) is 22.9. The summed E-state index contributed by atoms with van der Waals surface area (Å²) in [4.78, 5) is 12.9. The molecule has 3 rings (SSSR count). The fourth-order valence-electron chi connectivity index (χ4n) is 3.73. The molecule has 1 aliphatic rings. The molecule has 170 valence electrons. The number of amides is 1. The van der Waals surface area contributed by atoms with Crippen LogP contribution in [0.15, 0.2) is 21.6 Å². The van der Waals surface area contributed by atoms with Crippen LogP contribution in [0.5, 0.6) is 17.2 Å². The second-order valence-electron chi connectivity index (χ2n) is 7.23. The molecule has 0 aliphatic carbocycles. The van der Waals surface area contributed by atoms with Crippen molar-refractivity contribution >= 4 is 21.6 Å². The molecule has 1 N–H and O–H groups in total. The minimum atomic E-state index is -3.72. The number of aromatic nitrogens is 1. The maximum absolute atomic E-state index is 12.9. The Labute approximate surface area is 181 Å². The Balaban J connectivity index is 1.69. The molecule has 1 aromatic carbocycles. The molecule has 0 radical (unpaired) electrons. The first-order valence-corrected chi connectivity index (χ1v) is 11.2. The van der Waals surface area contributed by atoms with Gasteiger partial charge in [0.25, 0.3) is 0 Å². The van der Waals surface area contributed by atoms with Crippen LogP contribution in [0, 0.1) is 19.8 Å². The van der Waals surface area contributed by atoms with Gasteiger partial charge in [-0.3, -0.25) is 4.79 Å². The van der Waals surface area contributed by atoms with Crippen LogP contribution in [0.3, 0.4) is 0 Å². The number of rotatable bonds is 7. The largest absolute Gasteiger partial charge is 0.493 e. The van der Waals surface area contributed by atoms with Gasteiger partial charge in [0.15, 0.2) is 17.3 Å². The van der Waals surface area contributed by atoms with Crippen LogP contribution in [0.25, 0.3) is 0 Å². The monoisotopic (exact) mass is 453 g/mol. The van der Waals surface area contributed by atoms with Crippen molar-refractivity contribution in [3.05, 3.63) is 23.6 Å². The van der Waals surface area contributed by atoms with Gasteiger partial charge in [0, 0.05) is 36.8 Å². The maximum Gasteiger partial charge on any atom is 0.248 e. The molecule has 10 nitrogen and oxygen atoms in total. The van der Waals surface area contributed by atoms with Crippen LogP contribution in [-0.2, 0) is 14.8 Å². The van der Waals surface area contributed by atoms with Crippen molar-refractivity contribution in [2.24, 2.45) is 5.92 Å². The first-order valence-electron chi connectivity index (χ1n) is 9.76. The fourth-order valence-corrected chi connectivity index (χ4v) is 5.49. The van der Waals surface area contributed by atoms with E-state index in [1.165, 1.54) is 25.6 Å². The van der Waals surface area contributed by atoms with Crippen molar-refractivity contribution in [2.45, 2.75) is 31.6 Å². The lowest BCUT2D eigenvalue weighted by Crippen LogP contribution is -2.41. The molecule has 0 atom stereocenters. The zero-order valence-electron chi connectivity index (χ0n) is 18.2. The topological polar surface area (TPSA) is 120 Å². The van der Waals surface area contributed by atoms with E-state index >= 15 is 0 Å². The molecule has 2 heterocycles. The Hall–Kier alpha value is -2.79. The lowest BCUT2D eigenvalue weighted by Gasteiger charge is -2.30. The van der Waals surface area contributed by atoms with Gasteiger partial charge >= 0.3 is 0 Å². The number of aryl methyl sites for hydroxylation is 2. The Morgan fingerprint density at radius 3 is 2.13 bits per heavy atom. The smallest absolute Gasteiger partial charge is 0.248 e. The molecule has 1 aliphatic heterocycles. The van der Waals surface area contributed by atoms with Crippen molar-refractivity contribution in [1.29, 1.82) is 0 Å². The number of carbonyl (C=O) groups excluding carboxylic acids is 1. The van der Waals surface area contributed by atoms with E-state index in [9.17, 15) is 13.2 Å². The maximum atomic E-state index is 12.9. The number of carbonyl (C=O) groups is 1. The van der Waals surface area contributed by atoms with E-state index < -0.39 is 10.0 Å². The molecule has 11 heteroatoms. The highest BCUT2D eigenvalue weighted by Crippen LogP contribution is 2.40. The summed E-state index contributed by atoms with van der Waals surface area (Å²) in [6.07, 6.45) is 0.803. The lowest BCUT2D eigenvalue weighted by atomic mass is 9.97. The third-order valence-corrected chi connectivity index (χ3v) is 7.47. The number of ether oxygens (including phenoxy) is 3. The molecular weight excluding hydrogens is 426 g/mol. The minimum Gasteiger partial charge on any atom is -0.493 e. The summed E-state index contributed by atoms with van der Waals surface area (Å²) < 4.78 is 48.2. The first-order chi connectivity index (χ1) is 14.7. The van der Waals surface area contributed by atoms with Gasteiger partial charge in [-0.1, -0.05) is 5.16 Å². The number of sulfonamides is 1. The third kappa shape index (κ3) is 4.47. The minimum absolute atomic E-state index is 0.104. The van der Waals surface area contributed by atoms with Crippen LogP contribution in [0.4, 0.5) is 5.69 Å². The van der Waals surface area contributed by atoms with E-state index in [1.807, 2.05) is 0 Å². The summed E-state index contributed by atoms with van der Waals surface area (Å²) in [6, 6.07) is 3.30. The Kier molecular flexibility index (Phi) is 6.75. The number of hydrogen-bond donors (Lipinski definition) is 1. The highest BCUT2D eigenvalue weighted by atomic mass is 32.2. The van der Waals surface area contributed by atoms with Gasteiger partial charge in [0.2, 0.25) is 21.7 Å². The Bertz CT molecular complexity index is 1010. The van der Waals surface area contributed by atoms with E-state index in [0.29, 0.717) is 41.5 Å². The number of hydrogen-bond acceptors (Lipinski definition) is 8. The Morgan fingerprint density at radius 2 is 1.68 bits per heavy atom. The van der Waals surface area contributed by atoms with Crippen LogP contribution in [-0.4, -0.2) is 58.2 Å². The summed E-state index contributed by atoms with van der Waals surface area (Å²) in [5.74, 6) is 1.04. The SMILES string of the molecule is COc1cc(NC(=O)C2CCN(S(=O)(=O)c3c(C)noc3C)CC2)cc(OC)c1OC. The highest BCUT2D eigenvalue weighted by molar-refractivity contribution is 7.89. The van der Waals surface area contributed by atoms with Crippen molar-refractivity contribution < 1.29 is 31.9 Å². The van der Waals surface area contributed by atoms with Gasteiger partial charge < -0.3 is 24.1 Å². The molecule has 0 spiro atoms. The number of benzene rings is 1. The molecule has 1 fully saturated rings. The lowest BCUT2D eigenvalue weighted by molar-refractivity contribution is -0.120. The molecule has 0 saturated carbocycles. The zero-order chi connectivity index (χ0) is 22.8. The van der Waals surface area contributed by atoms with Gasteiger partial charge in [-0.2, -0.15) is 4.31 Å². The number of nitrogens with zero attached hydrogens (tertiary/aromatic N) is 2. The molecule has 31 heavy (non-hydrogen) atoms. The number of nitrogens with one attached hydrogen (secondary N) is 1. The normalized spacial score (nSPS) is 15.5. The van der Waals surface area contributed by atoms with E-state index in [0.717, 1.165) is 0 Å². The number of anilines is 1. The molecular formula is C20H27N3O7S. The van der Waals surface area contributed by atoms with E-state index in [2.05, 4.69) is 10.5 Å². The predicted octanol–water partition coefficient (Wildman–Crippen LogP) is 2.36. The van der Waals surface area contributed by atoms with Crippen molar-refractivity contribution in [3.8, 4) is 17.2 Å². The van der Waals surface area contributed by atoms with Crippen LogP contribution >= 0.6 is 0 Å². The average molecular weight is 454 g/mol. The number of piperidine rings is 1. The van der Waals surface area contributed by atoms with Gasteiger partial charge in [-0.25, -0.2) is 8.42 Å². The molecule has 2 aromatic rings. The summed E-state index contributed by atoms with van der Waals surface area (Å²) in [5, 5.41) is 6.60. The van der Waals surface area contributed by atoms with Crippen molar-refractivity contribution in [1.82, 2.24) is 9.46 Å². The van der Waals surface area contributed by atoms with Crippen LogP contribution in [0.1, 0.15) is 24.3 Å². The third-order valence-electron chi connectivity index (χ3n) is 5.32. The van der Waals surface area contributed by atoms with E-state index in [-0.39, 0.29) is 35.6 Å². The van der Waals surface area contributed by atoms with Gasteiger partial charge in [0.05, 0.1) is 21.3 Å². The fraction of sp³-hybridized carbons (Fsp3) is 0.500. The van der Waals surface area contributed by atoms with Crippen molar-refractivity contribution in [2.75, 3.05) is 39.7 Å². The van der Waals surface area contributed by atoms with Crippen LogP contribution in [0.2, 0.25) is 0 Å². The van der Waals surface area contributed by atoms with Gasteiger partial charge in [0.1, 0.15) is 10.6 Å². The van der Waals surface area contributed by atoms with E-state index in [4.69, 9.17) is 18.7 Å². The summed E-state index contributed by atoms with van der Waals surface area (Å²) in [6.45, 7) is 3.64. The van der Waals surface area contributed by atoms with E-state index in [1.54, 1.807) is 26.0 Å². The number of methoxy groups -OCH3 is 3. The zero-order valence-corrected chi connectivity index (χ0v) is 19.0. The molecule has 1 saturated heterocycles. The second kappa shape index (κ2) is 9.15. The average Bonchev–Trinajstić information content (AvgIpc) is 3.11. The standard InChI is InChI=1S/C20H27N3O7S/c1-12-19(13(2)30-22-12)31(25,26)23-8-6-14(7-9-23)20(24)21-15-10-16(27-3)18(29-5)17(11-15)28-4/h10-11,14H,6-9H2,1-5H3,(H,21,24). The predicted molar refractivity (Wildman–Crippen MR) is 112 cm³/mol. The molecule has 1 aromatic heterocycles.